The number of phenolic OH excluding ortho intramolecular Hbond substituents is 1. The maximum atomic E-state index is 13.4. The lowest BCUT2D eigenvalue weighted by atomic mass is 10.0. The molecule has 0 unspecified atom stereocenters. The number of aromatic nitrogens is 2. The van der Waals surface area contributed by atoms with Crippen LogP contribution >= 0.6 is 0 Å². The van der Waals surface area contributed by atoms with Crippen molar-refractivity contribution in [3.8, 4) is 28.8 Å². The van der Waals surface area contributed by atoms with Crippen LogP contribution in [0.1, 0.15) is 36.8 Å². The topological polar surface area (TPSA) is 76.7 Å². The van der Waals surface area contributed by atoms with Crippen molar-refractivity contribution in [2.75, 3.05) is 0 Å². The third-order valence-corrected chi connectivity index (χ3v) is 5.23. The molecule has 6 heteroatoms. The molecule has 2 aliphatic rings. The molecule has 3 aromatic rings. The van der Waals surface area contributed by atoms with E-state index in [-0.39, 0.29) is 17.2 Å². The molecule has 1 saturated carbocycles. The summed E-state index contributed by atoms with van der Waals surface area (Å²) < 4.78 is 7.27. The molecule has 140 valence electrons. The molecule has 1 N–H and O–H groups in total. The van der Waals surface area contributed by atoms with Crippen LogP contribution in [0.15, 0.2) is 58.4 Å². The first-order chi connectivity index (χ1) is 13.7. The van der Waals surface area contributed by atoms with E-state index in [1.165, 1.54) is 4.68 Å². The minimum atomic E-state index is -0.253. The number of rotatable bonds is 2. The maximum Gasteiger partial charge on any atom is 0.281 e. The zero-order valence-corrected chi connectivity index (χ0v) is 15.3. The molecular formula is C22H19N3O3. The fraction of sp³-hybridized carbons (Fsp3) is 0.227. The van der Waals surface area contributed by atoms with Gasteiger partial charge in [0, 0.05) is 12.1 Å². The monoisotopic (exact) mass is 373 g/mol. The van der Waals surface area contributed by atoms with Gasteiger partial charge in [-0.2, -0.15) is 14.8 Å². The third kappa shape index (κ3) is 2.78. The lowest BCUT2D eigenvalue weighted by molar-refractivity contribution is 0.434. The third-order valence-electron chi connectivity index (χ3n) is 5.23. The average molecular weight is 373 g/mol. The van der Waals surface area contributed by atoms with Crippen LogP contribution in [0.2, 0.25) is 0 Å². The van der Waals surface area contributed by atoms with Crippen molar-refractivity contribution in [2.24, 2.45) is 5.10 Å². The van der Waals surface area contributed by atoms with Crippen LogP contribution in [-0.2, 0) is 6.42 Å². The highest BCUT2D eigenvalue weighted by Gasteiger charge is 2.26. The number of aromatic hydroxyl groups is 1. The number of benzene rings is 2. The zero-order valence-electron chi connectivity index (χ0n) is 15.3. The van der Waals surface area contributed by atoms with E-state index >= 15 is 0 Å². The van der Waals surface area contributed by atoms with E-state index in [1.54, 1.807) is 24.3 Å². The second-order valence-electron chi connectivity index (χ2n) is 7.11. The Labute approximate surface area is 161 Å². The van der Waals surface area contributed by atoms with Crippen LogP contribution in [0.25, 0.3) is 11.4 Å². The Morgan fingerprint density at radius 2 is 1.79 bits per heavy atom. The fourth-order valence-corrected chi connectivity index (χ4v) is 3.76. The first kappa shape index (κ1) is 16.7. The van der Waals surface area contributed by atoms with E-state index in [2.05, 4.69) is 10.1 Å². The van der Waals surface area contributed by atoms with Crippen LogP contribution in [0.5, 0.6) is 17.4 Å². The van der Waals surface area contributed by atoms with Gasteiger partial charge in [0.1, 0.15) is 11.5 Å². The fourth-order valence-electron chi connectivity index (χ4n) is 3.76. The molecule has 2 heterocycles. The van der Waals surface area contributed by atoms with E-state index in [0.29, 0.717) is 29.1 Å². The molecule has 1 aromatic heterocycles. The van der Waals surface area contributed by atoms with Crippen LogP contribution < -0.4 is 10.3 Å². The van der Waals surface area contributed by atoms with Crippen LogP contribution in [0.4, 0.5) is 0 Å². The molecule has 0 amide bonds. The van der Waals surface area contributed by atoms with Gasteiger partial charge < -0.3 is 9.84 Å². The van der Waals surface area contributed by atoms with Gasteiger partial charge in [-0.15, -0.1) is 0 Å². The summed E-state index contributed by atoms with van der Waals surface area (Å²) in [7, 11) is 0. The van der Waals surface area contributed by atoms with Crippen LogP contribution in [0, 0.1) is 0 Å². The summed E-state index contributed by atoms with van der Waals surface area (Å²) in [5.74, 6) is 1.32. The minimum absolute atomic E-state index is 0.0472. The largest absolute Gasteiger partial charge is 0.507 e. The SMILES string of the molecule is O=c1c2c(nc(-c3ccccc3O)n1N=C1CCCC1)Oc1ccccc1C2. The van der Waals surface area contributed by atoms with Gasteiger partial charge in [-0.1, -0.05) is 30.3 Å². The predicted octanol–water partition coefficient (Wildman–Crippen LogP) is 4.09. The molecular weight excluding hydrogens is 354 g/mol. The Hall–Kier alpha value is -3.41. The van der Waals surface area contributed by atoms with Crippen molar-refractivity contribution < 1.29 is 9.84 Å². The average Bonchev–Trinajstić information content (AvgIpc) is 3.23. The van der Waals surface area contributed by atoms with Crippen molar-refractivity contribution in [3.05, 3.63) is 70.0 Å². The van der Waals surface area contributed by atoms with Gasteiger partial charge >= 0.3 is 0 Å². The van der Waals surface area contributed by atoms with Gasteiger partial charge in [0.15, 0.2) is 5.82 Å². The molecule has 6 nitrogen and oxygen atoms in total. The molecule has 0 radical (unpaired) electrons. The van der Waals surface area contributed by atoms with Crippen LogP contribution in [-0.4, -0.2) is 20.5 Å². The summed E-state index contributed by atoms with van der Waals surface area (Å²) in [4.78, 5) is 18.0. The van der Waals surface area contributed by atoms with Crippen molar-refractivity contribution in [3.63, 3.8) is 0 Å². The van der Waals surface area contributed by atoms with Crippen molar-refractivity contribution in [1.29, 1.82) is 0 Å². The molecule has 0 saturated heterocycles. The quantitative estimate of drug-likeness (QED) is 0.574. The lowest BCUT2D eigenvalue weighted by Crippen LogP contribution is -2.27. The van der Waals surface area contributed by atoms with Gasteiger partial charge in [-0.05, 0) is 49.4 Å². The smallest absolute Gasteiger partial charge is 0.281 e. The Morgan fingerprint density at radius 3 is 2.61 bits per heavy atom. The number of para-hydroxylation sites is 2. The summed E-state index contributed by atoms with van der Waals surface area (Å²) >= 11 is 0. The number of nitrogens with zero attached hydrogens (tertiary/aromatic N) is 3. The zero-order chi connectivity index (χ0) is 19.1. The second kappa shape index (κ2) is 6.64. The van der Waals surface area contributed by atoms with E-state index in [4.69, 9.17) is 4.74 Å². The Bertz CT molecular complexity index is 1160. The van der Waals surface area contributed by atoms with E-state index in [1.807, 2.05) is 24.3 Å². The first-order valence-corrected chi connectivity index (χ1v) is 9.47. The Kier molecular flexibility index (Phi) is 3.97. The highest BCUT2D eigenvalue weighted by Crippen LogP contribution is 2.36. The molecule has 1 aliphatic heterocycles. The number of fused-ring (bicyclic) bond motifs is 2. The second-order valence-corrected chi connectivity index (χ2v) is 7.11. The van der Waals surface area contributed by atoms with Gasteiger partial charge in [0.25, 0.3) is 5.56 Å². The van der Waals surface area contributed by atoms with Crippen molar-refractivity contribution in [2.45, 2.75) is 32.1 Å². The normalized spacial score (nSPS) is 14.9. The summed E-state index contributed by atoms with van der Waals surface area (Å²) in [5.41, 5.74) is 2.62. The minimum Gasteiger partial charge on any atom is -0.507 e. The van der Waals surface area contributed by atoms with E-state index in [9.17, 15) is 9.90 Å². The molecule has 1 aliphatic carbocycles. The standard InChI is InChI=1S/C22H19N3O3/c26-18-11-5-4-10-16(18)20-23-21-17(13-14-7-1-6-12-19(14)28-21)22(27)25(20)24-15-8-2-3-9-15/h1,4-7,10-12,26H,2-3,8-9,13H2. The van der Waals surface area contributed by atoms with Gasteiger partial charge in [-0.25, -0.2) is 0 Å². The van der Waals surface area contributed by atoms with Gasteiger partial charge in [0.2, 0.25) is 5.88 Å². The highest BCUT2D eigenvalue weighted by atomic mass is 16.5. The molecule has 1 fully saturated rings. The number of ether oxygens (including phenoxy) is 1. The highest BCUT2D eigenvalue weighted by molar-refractivity contribution is 5.86. The van der Waals surface area contributed by atoms with E-state index < -0.39 is 0 Å². The molecule has 2 aromatic carbocycles. The molecule has 28 heavy (non-hydrogen) atoms. The molecule has 0 atom stereocenters. The Balaban J connectivity index is 1.74. The Morgan fingerprint density at radius 1 is 1.04 bits per heavy atom. The number of hydrogen-bond acceptors (Lipinski definition) is 5. The summed E-state index contributed by atoms with van der Waals surface area (Å²) in [5, 5.41) is 15.0. The van der Waals surface area contributed by atoms with E-state index in [0.717, 1.165) is 37.0 Å². The number of phenols is 1. The maximum absolute atomic E-state index is 13.4. The molecule has 0 bridgehead atoms. The number of hydrogen-bond donors (Lipinski definition) is 1. The van der Waals surface area contributed by atoms with Gasteiger partial charge in [-0.3, -0.25) is 4.79 Å². The molecule has 5 rings (SSSR count). The van der Waals surface area contributed by atoms with Gasteiger partial charge in [0.05, 0.1) is 11.1 Å². The first-order valence-electron chi connectivity index (χ1n) is 9.47. The molecule has 0 spiro atoms. The summed E-state index contributed by atoms with van der Waals surface area (Å²) in [6, 6.07) is 14.5. The van der Waals surface area contributed by atoms with Crippen molar-refractivity contribution >= 4 is 5.71 Å². The lowest BCUT2D eigenvalue weighted by Gasteiger charge is -2.20. The predicted molar refractivity (Wildman–Crippen MR) is 106 cm³/mol. The summed E-state index contributed by atoms with van der Waals surface area (Å²) in [6.45, 7) is 0. The summed E-state index contributed by atoms with van der Waals surface area (Å²) in [6.07, 6.45) is 4.36. The van der Waals surface area contributed by atoms with Crippen LogP contribution in [0.3, 0.4) is 0 Å². The van der Waals surface area contributed by atoms with Crippen molar-refractivity contribution in [1.82, 2.24) is 9.66 Å².